The SMILES string of the molecule is CC(C)C1CN(C2(C)CCOCC2)CCCN1. The summed E-state index contributed by atoms with van der Waals surface area (Å²) in [6, 6.07) is 0.650. The maximum atomic E-state index is 5.52. The highest BCUT2D eigenvalue weighted by molar-refractivity contribution is 4.92. The molecule has 0 spiro atoms. The summed E-state index contributed by atoms with van der Waals surface area (Å²) in [4.78, 5) is 2.72. The van der Waals surface area contributed by atoms with Crippen molar-refractivity contribution in [3.05, 3.63) is 0 Å². The highest BCUT2D eigenvalue weighted by Gasteiger charge is 2.35. The largest absolute Gasteiger partial charge is 0.381 e. The Morgan fingerprint density at radius 1 is 1.29 bits per heavy atom. The van der Waals surface area contributed by atoms with E-state index in [1.165, 1.54) is 38.9 Å². The van der Waals surface area contributed by atoms with Gasteiger partial charge in [0.2, 0.25) is 0 Å². The second kappa shape index (κ2) is 5.68. The molecule has 2 rings (SSSR count). The quantitative estimate of drug-likeness (QED) is 0.797. The van der Waals surface area contributed by atoms with Crippen LogP contribution in [0.4, 0.5) is 0 Å². The average molecular weight is 240 g/mol. The molecule has 3 nitrogen and oxygen atoms in total. The average Bonchev–Trinajstić information content (AvgIpc) is 2.56. The van der Waals surface area contributed by atoms with Crippen LogP contribution in [0.1, 0.15) is 40.0 Å². The lowest BCUT2D eigenvalue weighted by Gasteiger charge is -2.44. The summed E-state index contributed by atoms with van der Waals surface area (Å²) in [5.74, 6) is 0.721. The van der Waals surface area contributed by atoms with E-state index in [0.717, 1.165) is 19.1 Å². The fourth-order valence-corrected chi connectivity index (χ4v) is 3.01. The van der Waals surface area contributed by atoms with Crippen LogP contribution >= 0.6 is 0 Å². The van der Waals surface area contributed by atoms with E-state index in [-0.39, 0.29) is 0 Å². The maximum Gasteiger partial charge on any atom is 0.0483 e. The van der Waals surface area contributed by atoms with Crippen molar-refractivity contribution in [3.8, 4) is 0 Å². The predicted molar refractivity (Wildman–Crippen MR) is 71.3 cm³/mol. The van der Waals surface area contributed by atoms with Gasteiger partial charge in [-0.1, -0.05) is 13.8 Å². The Kier molecular flexibility index (Phi) is 4.45. The van der Waals surface area contributed by atoms with Gasteiger partial charge in [0.1, 0.15) is 0 Å². The van der Waals surface area contributed by atoms with Crippen molar-refractivity contribution in [2.75, 3.05) is 32.8 Å². The van der Waals surface area contributed by atoms with Crippen LogP contribution in [-0.2, 0) is 4.74 Å². The van der Waals surface area contributed by atoms with Gasteiger partial charge in [-0.2, -0.15) is 0 Å². The Morgan fingerprint density at radius 3 is 2.65 bits per heavy atom. The summed E-state index contributed by atoms with van der Waals surface area (Å²) >= 11 is 0. The van der Waals surface area contributed by atoms with Gasteiger partial charge in [-0.15, -0.1) is 0 Å². The van der Waals surface area contributed by atoms with Gasteiger partial charge < -0.3 is 10.1 Å². The molecule has 2 saturated heterocycles. The van der Waals surface area contributed by atoms with E-state index in [9.17, 15) is 0 Å². The molecule has 2 aliphatic rings. The van der Waals surface area contributed by atoms with Gasteiger partial charge in [-0.05, 0) is 45.2 Å². The van der Waals surface area contributed by atoms with Gasteiger partial charge in [0, 0.05) is 31.3 Å². The maximum absolute atomic E-state index is 5.52. The highest BCUT2D eigenvalue weighted by atomic mass is 16.5. The molecule has 0 amide bonds. The topological polar surface area (TPSA) is 24.5 Å². The molecule has 2 fully saturated rings. The van der Waals surface area contributed by atoms with Gasteiger partial charge in [0.05, 0.1) is 0 Å². The molecular weight excluding hydrogens is 212 g/mol. The van der Waals surface area contributed by atoms with Crippen molar-refractivity contribution >= 4 is 0 Å². The second-order valence-corrected chi connectivity index (χ2v) is 6.21. The Balaban J connectivity index is 2.02. The van der Waals surface area contributed by atoms with Crippen LogP contribution in [0.2, 0.25) is 0 Å². The van der Waals surface area contributed by atoms with Crippen LogP contribution in [-0.4, -0.2) is 49.3 Å². The summed E-state index contributed by atoms with van der Waals surface area (Å²) in [7, 11) is 0. The molecule has 1 atom stereocenters. The lowest BCUT2D eigenvalue weighted by atomic mass is 9.89. The number of nitrogens with zero attached hydrogens (tertiary/aromatic N) is 1. The standard InChI is InChI=1S/C14H28N2O/c1-12(2)13-11-16(8-4-7-15-13)14(3)5-9-17-10-6-14/h12-13,15H,4-11H2,1-3H3. The minimum atomic E-state index is 0.372. The van der Waals surface area contributed by atoms with Crippen LogP contribution in [0.25, 0.3) is 0 Å². The third kappa shape index (κ3) is 3.21. The first-order chi connectivity index (χ1) is 8.12. The Bertz CT molecular complexity index is 236. The van der Waals surface area contributed by atoms with E-state index in [2.05, 4.69) is 31.0 Å². The van der Waals surface area contributed by atoms with Gasteiger partial charge in [0.15, 0.2) is 0 Å². The molecule has 100 valence electrons. The number of hydrogen-bond donors (Lipinski definition) is 1. The zero-order chi connectivity index (χ0) is 12.3. The summed E-state index contributed by atoms with van der Waals surface area (Å²) in [5.41, 5.74) is 0.372. The molecule has 0 aromatic carbocycles. The predicted octanol–water partition coefficient (Wildman–Crippen LogP) is 1.88. The zero-order valence-corrected chi connectivity index (χ0v) is 11.7. The second-order valence-electron chi connectivity index (χ2n) is 6.21. The molecule has 17 heavy (non-hydrogen) atoms. The smallest absolute Gasteiger partial charge is 0.0483 e. The fraction of sp³-hybridized carbons (Fsp3) is 1.00. The molecule has 0 aliphatic carbocycles. The molecule has 2 aliphatic heterocycles. The van der Waals surface area contributed by atoms with Crippen molar-refractivity contribution in [2.24, 2.45) is 5.92 Å². The first-order valence-electron chi connectivity index (χ1n) is 7.18. The van der Waals surface area contributed by atoms with Gasteiger partial charge >= 0.3 is 0 Å². The van der Waals surface area contributed by atoms with Crippen molar-refractivity contribution in [1.82, 2.24) is 10.2 Å². The van der Waals surface area contributed by atoms with Crippen LogP contribution < -0.4 is 5.32 Å². The number of rotatable bonds is 2. The third-order valence-electron chi connectivity index (χ3n) is 4.57. The van der Waals surface area contributed by atoms with Gasteiger partial charge in [-0.25, -0.2) is 0 Å². The van der Waals surface area contributed by atoms with Gasteiger partial charge in [0.25, 0.3) is 0 Å². The molecule has 1 unspecified atom stereocenters. The van der Waals surface area contributed by atoms with E-state index < -0.39 is 0 Å². The third-order valence-corrected chi connectivity index (χ3v) is 4.57. The van der Waals surface area contributed by atoms with E-state index in [4.69, 9.17) is 4.74 Å². The van der Waals surface area contributed by atoms with Crippen molar-refractivity contribution in [3.63, 3.8) is 0 Å². The van der Waals surface area contributed by atoms with E-state index in [1.54, 1.807) is 0 Å². The minimum absolute atomic E-state index is 0.372. The van der Waals surface area contributed by atoms with Gasteiger partial charge in [-0.3, -0.25) is 4.90 Å². The zero-order valence-electron chi connectivity index (χ0n) is 11.7. The Labute approximate surface area is 106 Å². The number of ether oxygens (including phenoxy) is 1. The van der Waals surface area contributed by atoms with Crippen LogP contribution in [0, 0.1) is 5.92 Å². The van der Waals surface area contributed by atoms with Crippen molar-refractivity contribution in [1.29, 1.82) is 0 Å². The Morgan fingerprint density at radius 2 is 2.00 bits per heavy atom. The van der Waals surface area contributed by atoms with Crippen molar-refractivity contribution in [2.45, 2.75) is 51.6 Å². The van der Waals surface area contributed by atoms with E-state index in [0.29, 0.717) is 11.6 Å². The van der Waals surface area contributed by atoms with Crippen LogP contribution in [0.3, 0.4) is 0 Å². The van der Waals surface area contributed by atoms with Crippen LogP contribution in [0.15, 0.2) is 0 Å². The molecule has 0 radical (unpaired) electrons. The number of hydrogen-bond acceptors (Lipinski definition) is 3. The lowest BCUT2D eigenvalue weighted by Crippen LogP contribution is -2.53. The number of nitrogens with one attached hydrogen (secondary N) is 1. The molecular formula is C14H28N2O. The lowest BCUT2D eigenvalue weighted by molar-refractivity contribution is -0.0210. The van der Waals surface area contributed by atoms with Crippen LogP contribution in [0.5, 0.6) is 0 Å². The molecule has 0 aromatic heterocycles. The first kappa shape index (κ1) is 13.3. The summed E-state index contributed by atoms with van der Waals surface area (Å²) in [6.07, 6.45) is 3.66. The Hall–Kier alpha value is -0.120. The summed E-state index contributed by atoms with van der Waals surface area (Å²) in [5, 5.41) is 3.69. The van der Waals surface area contributed by atoms with E-state index in [1.807, 2.05) is 0 Å². The monoisotopic (exact) mass is 240 g/mol. The minimum Gasteiger partial charge on any atom is -0.381 e. The molecule has 0 aromatic rings. The molecule has 2 heterocycles. The first-order valence-corrected chi connectivity index (χ1v) is 7.18. The molecule has 0 saturated carbocycles. The fourth-order valence-electron chi connectivity index (χ4n) is 3.01. The van der Waals surface area contributed by atoms with Crippen molar-refractivity contribution < 1.29 is 4.74 Å². The molecule has 1 N–H and O–H groups in total. The molecule has 3 heteroatoms. The van der Waals surface area contributed by atoms with E-state index >= 15 is 0 Å². The normalized spacial score (nSPS) is 31.4. The summed E-state index contributed by atoms with van der Waals surface area (Å²) in [6.45, 7) is 12.6. The molecule has 0 bridgehead atoms. The summed E-state index contributed by atoms with van der Waals surface area (Å²) < 4.78 is 5.52. The highest BCUT2D eigenvalue weighted by Crippen LogP contribution is 2.29.